The van der Waals surface area contributed by atoms with Crippen LogP contribution in [0, 0.1) is 0 Å². The van der Waals surface area contributed by atoms with Crippen LogP contribution in [0.2, 0.25) is 0 Å². The molecule has 0 bridgehead atoms. The molecule has 0 aliphatic heterocycles. The Bertz CT molecular complexity index is 369. The molecule has 0 radical (unpaired) electrons. The summed E-state index contributed by atoms with van der Waals surface area (Å²) >= 11 is 0. The van der Waals surface area contributed by atoms with Crippen LogP contribution in [0.5, 0.6) is 5.75 Å². The van der Waals surface area contributed by atoms with Crippen LogP contribution in [-0.2, 0) is 6.54 Å². The molecule has 0 aliphatic rings. The molecule has 15 heavy (non-hydrogen) atoms. The molecule has 0 saturated carbocycles. The van der Waals surface area contributed by atoms with Gasteiger partial charge in [0, 0.05) is 18.3 Å². The lowest BCUT2D eigenvalue weighted by atomic mass is 10.1. The SMILES string of the molecule is COc1c(CN)cnc(C(F)F)c1C=O. The molecule has 0 aliphatic carbocycles. The average Bonchev–Trinajstić information content (AvgIpc) is 2.26. The van der Waals surface area contributed by atoms with Gasteiger partial charge in [-0.05, 0) is 0 Å². The summed E-state index contributed by atoms with van der Waals surface area (Å²) in [7, 11) is 1.29. The predicted octanol–water partition coefficient (Wildman–Crippen LogP) is 1.30. The van der Waals surface area contributed by atoms with E-state index in [1.165, 1.54) is 13.3 Å². The molecule has 6 heteroatoms. The summed E-state index contributed by atoms with van der Waals surface area (Å²) in [6.45, 7) is 0.0700. The second kappa shape index (κ2) is 4.79. The normalized spacial score (nSPS) is 10.5. The van der Waals surface area contributed by atoms with E-state index < -0.39 is 12.1 Å². The number of pyridine rings is 1. The highest BCUT2D eigenvalue weighted by atomic mass is 19.3. The zero-order valence-corrected chi connectivity index (χ0v) is 8.04. The Kier molecular flexibility index (Phi) is 3.68. The van der Waals surface area contributed by atoms with Crippen molar-refractivity contribution in [3.05, 3.63) is 23.0 Å². The third kappa shape index (κ3) is 2.10. The van der Waals surface area contributed by atoms with Gasteiger partial charge in [-0.3, -0.25) is 9.78 Å². The summed E-state index contributed by atoms with van der Waals surface area (Å²) in [4.78, 5) is 14.2. The second-order valence-electron chi connectivity index (χ2n) is 2.74. The van der Waals surface area contributed by atoms with Crippen molar-refractivity contribution in [3.63, 3.8) is 0 Å². The van der Waals surface area contributed by atoms with E-state index in [1.54, 1.807) is 0 Å². The minimum absolute atomic E-state index is 0.0674. The molecular weight excluding hydrogens is 206 g/mol. The quantitative estimate of drug-likeness (QED) is 0.770. The molecule has 0 fully saturated rings. The van der Waals surface area contributed by atoms with Crippen molar-refractivity contribution in [2.75, 3.05) is 7.11 Å². The van der Waals surface area contributed by atoms with Gasteiger partial charge in [0.1, 0.15) is 11.4 Å². The van der Waals surface area contributed by atoms with Crippen molar-refractivity contribution >= 4 is 6.29 Å². The van der Waals surface area contributed by atoms with Gasteiger partial charge in [-0.25, -0.2) is 8.78 Å². The summed E-state index contributed by atoms with van der Waals surface area (Å²) in [6.07, 6.45) is -1.33. The Balaban J connectivity index is 3.40. The number of alkyl halides is 2. The summed E-state index contributed by atoms with van der Waals surface area (Å²) in [5.74, 6) is 0.0674. The third-order valence-corrected chi connectivity index (χ3v) is 1.92. The maximum absolute atomic E-state index is 12.5. The number of hydrogen-bond acceptors (Lipinski definition) is 4. The van der Waals surface area contributed by atoms with Crippen LogP contribution in [0.1, 0.15) is 28.0 Å². The largest absolute Gasteiger partial charge is 0.496 e. The fourth-order valence-electron chi connectivity index (χ4n) is 1.24. The number of rotatable bonds is 4. The average molecular weight is 216 g/mol. The molecule has 0 amide bonds. The monoisotopic (exact) mass is 216 g/mol. The van der Waals surface area contributed by atoms with E-state index in [-0.39, 0.29) is 17.9 Å². The molecule has 1 heterocycles. The van der Waals surface area contributed by atoms with Crippen molar-refractivity contribution in [2.45, 2.75) is 13.0 Å². The van der Waals surface area contributed by atoms with Crippen molar-refractivity contribution in [1.82, 2.24) is 4.98 Å². The number of aldehydes is 1. The number of ether oxygens (including phenoxy) is 1. The van der Waals surface area contributed by atoms with Gasteiger partial charge in [-0.2, -0.15) is 0 Å². The molecule has 0 unspecified atom stereocenters. The molecule has 4 nitrogen and oxygen atoms in total. The fourth-order valence-corrected chi connectivity index (χ4v) is 1.24. The summed E-state index contributed by atoms with van der Waals surface area (Å²) in [5.41, 5.74) is 4.95. The minimum atomic E-state index is -2.81. The molecule has 0 spiro atoms. The van der Waals surface area contributed by atoms with Gasteiger partial charge in [0.25, 0.3) is 6.43 Å². The highest BCUT2D eigenvalue weighted by Crippen LogP contribution is 2.29. The third-order valence-electron chi connectivity index (χ3n) is 1.92. The first-order valence-electron chi connectivity index (χ1n) is 4.14. The molecule has 1 rings (SSSR count). The number of halogens is 2. The summed E-state index contributed by atoms with van der Waals surface area (Å²) in [6, 6.07) is 0. The van der Waals surface area contributed by atoms with Gasteiger partial charge in [0.2, 0.25) is 0 Å². The molecule has 1 aromatic rings. The highest BCUT2D eigenvalue weighted by molar-refractivity contribution is 5.81. The zero-order valence-electron chi connectivity index (χ0n) is 8.04. The predicted molar refractivity (Wildman–Crippen MR) is 49.0 cm³/mol. The minimum Gasteiger partial charge on any atom is -0.496 e. The maximum atomic E-state index is 12.5. The van der Waals surface area contributed by atoms with Gasteiger partial charge in [-0.1, -0.05) is 0 Å². The van der Waals surface area contributed by atoms with E-state index >= 15 is 0 Å². The first-order valence-corrected chi connectivity index (χ1v) is 4.14. The highest BCUT2D eigenvalue weighted by Gasteiger charge is 2.20. The van der Waals surface area contributed by atoms with Crippen LogP contribution >= 0.6 is 0 Å². The van der Waals surface area contributed by atoms with Gasteiger partial charge >= 0.3 is 0 Å². The topological polar surface area (TPSA) is 65.2 Å². The van der Waals surface area contributed by atoms with E-state index in [1.807, 2.05) is 0 Å². The number of aromatic nitrogens is 1. The van der Waals surface area contributed by atoms with Gasteiger partial charge < -0.3 is 10.5 Å². The standard InChI is InChI=1S/C9H10F2N2O2/c1-15-8-5(2-12)3-13-7(9(10)11)6(8)4-14/h3-4,9H,2,12H2,1H3. The van der Waals surface area contributed by atoms with Gasteiger partial charge in [-0.15, -0.1) is 0 Å². The fraction of sp³-hybridized carbons (Fsp3) is 0.333. The Morgan fingerprint density at radius 3 is 2.73 bits per heavy atom. The van der Waals surface area contributed by atoms with Crippen LogP contribution in [0.15, 0.2) is 6.20 Å². The first kappa shape index (κ1) is 11.5. The van der Waals surface area contributed by atoms with E-state index in [4.69, 9.17) is 10.5 Å². The van der Waals surface area contributed by atoms with Crippen molar-refractivity contribution in [2.24, 2.45) is 5.73 Å². The number of nitrogens with zero attached hydrogens (tertiary/aromatic N) is 1. The Morgan fingerprint density at radius 1 is 1.67 bits per heavy atom. The number of methoxy groups -OCH3 is 1. The van der Waals surface area contributed by atoms with Crippen molar-refractivity contribution < 1.29 is 18.3 Å². The van der Waals surface area contributed by atoms with E-state index in [0.29, 0.717) is 11.8 Å². The van der Waals surface area contributed by atoms with Gasteiger partial charge in [0.15, 0.2) is 6.29 Å². The van der Waals surface area contributed by atoms with E-state index in [9.17, 15) is 13.6 Å². The number of nitrogens with two attached hydrogens (primary N) is 1. The van der Waals surface area contributed by atoms with Crippen LogP contribution in [-0.4, -0.2) is 18.4 Å². The zero-order chi connectivity index (χ0) is 11.4. The number of hydrogen-bond donors (Lipinski definition) is 1. The molecule has 0 aromatic carbocycles. The van der Waals surface area contributed by atoms with Crippen LogP contribution in [0.3, 0.4) is 0 Å². The Hall–Kier alpha value is -1.56. The first-order chi connectivity index (χ1) is 7.15. The van der Waals surface area contributed by atoms with Crippen LogP contribution in [0.4, 0.5) is 8.78 Å². The molecule has 2 N–H and O–H groups in total. The maximum Gasteiger partial charge on any atom is 0.281 e. The number of carbonyl (C=O) groups is 1. The van der Waals surface area contributed by atoms with Gasteiger partial charge in [0.05, 0.1) is 12.7 Å². The number of carbonyl (C=O) groups excluding carboxylic acids is 1. The smallest absolute Gasteiger partial charge is 0.281 e. The van der Waals surface area contributed by atoms with E-state index in [2.05, 4.69) is 4.98 Å². The molecule has 1 aromatic heterocycles. The van der Waals surface area contributed by atoms with Crippen molar-refractivity contribution in [1.29, 1.82) is 0 Å². The Morgan fingerprint density at radius 2 is 2.33 bits per heavy atom. The molecular formula is C9H10F2N2O2. The summed E-state index contributed by atoms with van der Waals surface area (Å²) in [5, 5.41) is 0. The summed E-state index contributed by atoms with van der Waals surface area (Å²) < 4.78 is 29.8. The van der Waals surface area contributed by atoms with Crippen LogP contribution < -0.4 is 10.5 Å². The van der Waals surface area contributed by atoms with Crippen molar-refractivity contribution in [3.8, 4) is 5.75 Å². The lowest BCUT2D eigenvalue weighted by Crippen LogP contribution is -2.07. The molecule has 82 valence electrons. The Labute approximate surface area is 85.1 Å². The molecule has 0 atom stereocenters. The van der Waals surface area contributed by atoms with E-state index in [0.717, 1.165) is 0 Å². The van der Waals surface area contributed by atoms with Crippen LogP contribution in [0.25, 0.3) is 0 Å². The lowest BCUT2D eigenvalue weighted by Gasteiger charge is -2.11. The molecule has 0 saturated heterocycles. The second-order valence-corrected chi connectivity index (χ2v) is 2.74. The lowest BCUT2D eigenvalue weighted by molar-refractivity contribution is 0.109.